The Bertz CT molecular complexity index is 568. The van der Waals surface area contributed by atoms with Gasteiger partial charge in [0.25, 0.3) is 0 Å². The largest absolute Gasteiger partial charge is 0.480 e. The van der Waals surface area contributed by atoms with Crippen molar-refractivity contribution in [1.82, 2.24) is 16.0 Å². The molecule has 0 saturated carbocycles. The van der Waals surface area contributed by atoms with Gasteiger partial charge in [-0.3, -0.25) is 19.2 Å². The minimum Gasteiger partial charge on any atom is -0.480 e. The van der Waals surface area contributed by atoms with Crippen LogP contribution in [0.4, 0.5) is 0 Å². The predicted molar refractivity (Wildman–Crippen MR) is 96.0 cm³/mol. The second-order valence-electron chi connectivity index (χ2n) is 6.27. The number of carboxylic acid groups (broad SMARTS) is 1. The molecule has 4 unspecified atom stereocenters. The van der Waals surface area contributed by atoms with Gasteiger partial charge < -0.3 is 32.5 Å². The minimum atomic E-state index is -1.32. The molecule has 4 atom stereocenters. The third kappa shape index (κ3) is 8.99. The van der Waals surface area contributed by atoms with Crippen LogP contribution in [-0.2, 0) is 24.0 Å². The zero-order valence-electron chi connectivity index (χ0n) is 15.8. The molecule has 0 aliphatic heterocycles. The highest BCUT2D eigenvalue weighted by Gasteiger charge is 2.31. The summed E-state index contributed by atoms with van der Waals surface area (Å²) < 4.78 is 0. The number of rotatable bonds is 12. The van der Waals surface area contributed by atoms with E-state index in [1.54, 1.807) is 13.8 Å². The molecule has 0 heterocycles. The molecule has 0 aromatic rings. The van der Waals surface area contributed by atoms with E-state index in [9.17, 15) is 29.1 Å². The van der Waals surface area contributed by atoms with E-state index in [0.717, 1.165) is 0 Å². The van der Waals surface area contributed by atoms with Crippen LogP contribution in [0, 0.1) is 5.92 Å². The molecule has 154 valence electrons. The number of hydrogen-bond donors (Lipinski definition) is 6. The summed E-state index contributed by atoms with van der Waals surface area (Å²) in [5.41, 5.74) is 10.2. The Labute approximate surface area is 157 Å². The van der Waals surface area contributed by atoms with Gasteiger partial charge in [0.2, 0.25) is 23.6 Å². The molecule has 0 aromatic carbocycles. The third-order valence-electron chi connectivity index (χ3n) is 4.04. The Balaban J connectivity index is 5.12. The first kappa shape index (κ1) is 24.3. The van der Waals surface area contributed by atoms with Crippen LogP contribution in [0.25, 0.3) is 0 Å². The van der Waals surface area contributed by atoms with Crippen LogP contribution >= 0.6 is 0 Å². The second-order valence-corrected chi connectivity index (χ2v) is 6.27. The van der Waals surface area contributed by atoms with Crippen molar-refractivity contribution in [2.75, 3.05) is 6.54 Å². The van der Waals surface area contributed by atoms with Crippen molar-refractivity contribution in [3.05, 3.63) is 0 Å². The van der Waals surface area contributed by atoms with Gasteiger partial charge >= 0.3 is 5.97 Å². The fourth-order valence-corrected chi connectivity index (χ4v) is 2.15. The first-order valence-corrected chi connectivity index (χ1v) is 8.64. The maximum absolute atomic E-state index is 12.5. The highest BCUT2D eigenvalue weighted by Crippen LogP contribution is 2.10. The summed E-state index contributed by atoms with van der Waals surface area (Å²) in [6, 6.07) is -3.26. The zero-order chi connectivity index (χ0) is 21.1. The number of carboxylic acids is 1. The molecular formula is C16H29N5O6. The molecule has 0 rings (SSSR count). The fourth-order valence-electron chi connectivity index (χ4n) is 2.15. The fraction of sp³-hybridized carbons (Fsp3) is 0.688. The number of carbonyl (C=O) groups is 5. The van der Waals surface area contributed by atoms with E-state index in [1.165, 1.54) is 6.92 Å². The predicted octanol–water partition coefficient (Wildman–Crippen LogP) is -2.18. The number of amides is 4. The number of aliphatic carboxylic acids is 1. The number of carbonyl (C=O) groups excluding carboxylic acids is 4. The van der Waals surface area contributed by atoms with Gasteiger partial charge in [-0.05, 0) is 19.3 Å². The normalized spacial score (nSPS) is 15.0. The lowest BCUT2D eigenvalue weighted by Gasteiger charge is -2.26. The van der Waals surface area contributed by atoms with Crippen molar-refractivity contribution in [3.63, 3.8) is 0 Å². The summed E-state index contributed by atoms with van der Waals surface area (Å²) in [6.45, 7) is 4.67. The molecule has 0 aliphatic carbocycles. The van der Waals surface area contributed by atoms with E-state index in [2.05, 4.69) is 16.0 Å². The van der Waals surface area contributed by atoms with Crippen molar-refractivity contribution in [2.45, 2.75) is 58.2 Å². The molecule has 0 bridgehead atoms. The monoisotopic (exact) mass is 387 g/mol. The van der Waals surface area contributed by atoms with Gasteiger partial charge in [0.1, 0.15) is 18.1 Å². The molecular weight excluding hydrogens is 358 g/mol. The first-order valence-electron chi connectivity index (χ1n) is 8.64. The van der Waals surface area contributed by atoms with Crippen LogP contribution in [0.3, 0.4) is 0 Å². The maximum atomic E-state index is 12.5. The van der Waals surface area contributed by atoms with E-state index in [1.807, 2.05) is 0 Å². The second kappa shape index (κ2) is 11.8. The Hall–Kier alpha value is -2.69. The van der Waals surface area contributed by atoms with Crippen molar-refractivity contribution in [1.29, 1.82) is 0 Å². The van der Waals surface area contributed by atoms with Crippen LogP contribution in [0.15, 0.2) is 0 Å². The van der Waals surface area contributed by atoms with Gasteiger partial charge in [-0.2, -0.15) is 0 Å². The average molecular weight is 387 g/mol. The Kier molecular flexibility index (Phi) is 10.7. The van der Waals surface area contributed by atoms with Gasteiger partial charge in [0.15, 0.2) is 0 Å². The van der Waals surface area contributed by atoms with E-state index in [0.29, 0.717) is 6.42 Å². The van der Waals surface area contributed by atoms with Crippen molar-refractivity contribution < 1.29 is 29.1 Å². The molecule has 11 nitrogen and oxygen atoms in total. The number of nitrogens with one attached hydrogen (secondary N) is 3. The smallest absolute Gasteiger partial charge is 0.326 e. The quantitative estimate of drug-likeness (QED) is 0.219. The van der Waals surface area contributed by atoms with Crippen molar-refractivity contribution in [3.8, 4) is 0 Å². The third-order valence-corrected chi connectivity index (χ3v) is 4.04. The molecule has 0 fully saturated rings. The van der Waals surface area contributed by atoms with Crippen molar-refractivity contribution >= 4 is 29.6 Å². The average Bonchev–Trinajstić information content (AvgIpc) is 2.61. The Morgan fingerprint density at radius 1 is 1.00 bits per heavy atom. The summed E-state index contributed by atoms with van der Waals surface area (Å²) in [5, 5.41) is 16.4. The molecule has 11 heteroatoms. The molecule has 0 radical (unpaired) electrons. The standard InChI is InChI=1S/C16H29N5O6/c1-4-8(2)13(21-14(24)9(3)19-12(23)7-17)15(25)20-10(16(26)27)5-6-11(18)22/h8-10,13H,4-7,17H2,1-3H3,(H2,18,22)(H,19,23)(H,20,25)(H,21,24)(H,26,27). The Morgan fingerprint density at radius 3 is 2.04 bits per heavy atom. The SMILES string of the molecule is CCC(C)C(NC(=O)C(C)NC(=O)CN)C(=O)NC(CCC(N)=O)C(=O)O. The van der Waals surface area contributed by atoms with Gasteiger partial charge in [0.05, 0.1) is 6.54 Å². The van der Waals surface area contributed by atoms with Crippen LogP contribution in [0.1, 0.15) is 40.0 Å². The van der Waals surface area contributed by atoms with E-state index < -0.39 is 47.7 Å². The van der Waals surface area contributed by atoms with E-state index >= 15 is 0 Å². The van der Waals surface area contributed by atoms with Crippen LogP contribution < -0.4 is 27.4 Å². The number of nitrogens with two attached hydrogens (primary N) is 2. The van der Waals surface area contributed by atoms with Gasteiger partial charge in [-0.15, -0.1) is 0 Å². The summed E-state index contributed by atoms with van der Waals surface area (Å²) in [4.78, 5) is 58.2. The zero-order valence-corrected chi connectivity index (χ0v) is 15.8. The van der Waals surface area contributed by atoms with Crippen molar-refractivity contribution in [2.24, 2.45) is 17.4 Å². The lowest BCUT2D eigenvalue weighted by molar-refractivity contribution is -0.143. The van der Waals surface area contributed by atoms with E-state index in [-0.39, 0.29) is 25.3 Å². The summed E-state index contributed by atoms with van der Waals surface area (Å²) >= 11 is 0. The van der Waals surface area contributed by atoms with Crippen LogP contribution in [-0.4, -0.2) is 59.4 Å². The number of hydrogen-bond acceptors (Lipinski definition) is 6. The van der Waals surface area contributed by atoms with Crippen LogP contribution in [0.2, 0.25) is 0 Å². The minimum absolute atomic E-state index is 0.166. The maximum Gasteiger partial charge on any atom is 0.326 e. The topological polar surface area (TPSA) is 194 Å². The highest BCUT2D eigenvalue weighted by molar-refractivity contribution is 5.93. The van der Waals surface area contributed by atoms with Crippen LogP contribution in [0.5, 0.6) is 0 Å². The molecule has 8 N–H and O–H groups in total. The lowest BCUT2D eigenvalue weighted by Crippen LogP contribution is -2.57. The molecule has 0 aromatic heterocycles. The number of primary amides is 1. The highest BCUT2D eigenvalue weighted by atomic mass is 16.4. The summed E-state index contributed by atoms with van der Waals surface area (Å²) in [7, 11) is 0. The first-order chi connectivity index (χ1) is 12.5. The lowest BCUT2D eigenvalue weighted by atomic mass is 9.97. The summed E-state index contributed by atoms with van der Waals surface area (Å²) in [6.07, 6.45) is 0.154. The Morgan fingerprint density at radius 2 is 1.59 bits per heavy atom. The van der Waals surface area contributed by atoms with Gasteiger partial charge in [-0.1, -0.05) is 20.3 Å². The van der Waals surface area contributed by atoms with Gasteiger partial charge in [0, 0.05) is 6.42 Å². The van der Waals surface area contributed by atoms with E-state index in [4.69, 9.17) is 11.5 Å². The summed E-state index contributed by atoms with van der Waals surface area (Å²) in [5.74, 6) is -4.15. The molecule has 0 spiro atoms. The molecule has 0 saturated heterocycles. The molecule has 27 heavy (non-hydrogen) atoms. The molecule has 0 aliphatic rings. The van der Waals surface area contributed by atoms with Gasteiger partial charge in [-0.25, -0.2) is 4.79 Å². The molecule has 4 amide bonds.